The summed E-state index contributed by atoms with van der Waals surface area (Å²) < 4.78 is 29.3. The van der Waals surface area contributed by atoms with Gasteiger partial charge in [-0.1, -0.05) is 13.8 Å². The van der Waals surface area contributed by atoms with Crippen molar-refractivity contribution in [2.24, 2.45) is 11.8 Å². The average molecular weight is 334 g/mol. The van der Waals surface area contributed by atoms with Crippen molar-refractivity contribution in [2.45, 2.75) is 45.6 Å². The van der Waals surface area contributed by atoms with Crippen molar-refractivity contribution in [1.82, 2.24) is 14.1 Å². The Morgan fingerprint density at radius 1 is 1.24 bits per heavy atom. The molecular formula is C14H24ClN3O2S. The van der Waals surface area contributed by atoms with Gasteiger partial charge in [0.2, 0.25) is 10.0 Å². The molecule has 21 heavy (non-hydrogen) atoms. The van der Waals surface area contributed by atoms with E-state index in [1.54, 1.807) is 22.8 Å². The fraction of sp³-hybridized carbons (Fsp3) is 0.786. The summed E-state index contributed by atoms with van der Waals surface area (Å²) in [5.41, 5.74) is 1.24. The van der Waals surface area contributed by atoms with E-state index in [-0.39, 0.29) is 0 Å². The first kappa shape index (κ1) is 16.8. The molecule has 1 aliphatic heterocycles. The molecule has 1 aromatic rings. The molecule has 7 heteroatoms. The van der Waals surface area contributed by atoms with Gasteiger partial charge in [-0.25, -0.2) is 8.42 Å². The lowest BCUT2D eigenvalue weighted by atomic mass is 9.94. The van der Waals surface area contributed by atoms with Gasteiger partial charge < -0.3 is 0 Å². The number of halogens is 1. The molecule has 0 aromatic carbocycles. The molecule has 0 amide bonds. The third kappa shape index (κ3) is 3.27. The molecule has 0 spiro atoms. The van der Waals surface area contributed by atoms with Crippen LogP contribution in [0.25, 0.3) is 0 Å². The first-order valence-electron chi connectivity index (χ1n) is 7.37. The fourth-order valence-corrected chi connectivity index (χ4v) is 5.50. The summed E-state index contributed by atoms with van der Waals surface area (Å²) in [4.78, 5) is 0.355. The van der Waals surface area contributed by atoms with Gasteiger partial charge in [-0.05, 0) is 32.1 Å². The molecule has 120 valence electrons. The molecule has 0 radical (unpaired) electrons. The smallest absolute Gasteiger partial charge is 0.246 e. The zero-order valence-electron chi connectivity index (χ0n) is 13.1. The van der Waals surface area contributed by atoms with Crippen LogP contribution in [0.1, 0.15) is 31.7 Å². The first-order chi connectivity index (χ1) is 9.77. The second-order valence-corrected chi connectivity index (χ2v) is 8.43. The number of alkyl halides is 1. The minimum absolute atomic E-state index is 0.355. The average Bonchev–Trinajstić information content (AvgIpc) is 2.64. The molecule has 1 aromatic heterocycles. The number of nitrogens with zero attached hydrogens (tertiary/aromatic N) is 3. The van der Waals surface area contributed by atoms with Crippen molar-refractivity contribution in [1.29, 1.82) is 0 Å². The SMILES string of the molecule is Cc1nn(CCCl)c(C)c1S(=O)(=O)N1CC(C)CC(C)C1. The second kappa shape index (κ2) is 6.26. The van der Waals surface area contributed by atoms with Crippen molar-refractivity contribution in [2.75, 3.05) is 19.0 Å². The summed E-state index contributed by atoms with van der Waals surface area (Å²) in [7, 11) is -3.48. The minimum Gasteiger partial charge on any atom is -0.267 e. The number of piperidine rings is 1. The van der Waals surface area contributed by atoms with Crippen LogP contribution in [-0.4, -0.2) is 41.5 Å². The van der Waals surface area contributed by atoms with E-state index in [0.717, 1.165) is 6.42 Å². The largest absolute Gasteiger partial charge is 0.267 e. The summed E-state index contributed by atoms with van der Waals surface area (Å²) in [6.07, 6.45) is 1.08. The molecule has 0 N–H and O–H groups in total. The van der Waals surface area contributed by atoms with E-state index in [2.05, 4.69) is 18.9 Å². The van der Waals surface area contributed by atoms with Crippen molar-refractivity contribution in [3.63, 3.8) is 0 Å². The molecule has 1 fully saturated rings. The predicted molar refractivity (Wildman–Crippen MR) is 84.1 cm³/mol. The predicted octanol–water partition coefficient (Wildman–Crippen LogP) is 2.41. The molecule has 2 unspecified atom stereocenters. The van der Waals surface area contributed by atoms with Crippen LogP contribution in [0.2, 0.25) is 0 Å². The number of hydrogen-bond acceptors (Lipinski definition) is 3. The van der Waals surface area contributed by atoms with Gasteiger partial charge in [0.25, 0.3) is 0 Å². The molecule has 5 nitrogen and oxygen atoms in total. The highest BCUT2D eigenvalue weighted by molar-refractivity contribution is 7.89. The third-order valence-electron chi connectivity index (χ3n) is 4.04. The quantitative estimate of drug-likeness (QED) is 0.795. The van der Waals surface area contributed by atoms with Gasteiger partial charge in [0.1, 0.15) is 4.90 Å². The summed E-state index contributed by atoms with van der Waals surface area (Å²) >= 11 is 5.75. The maximum absolute atomic E-state index is 13.0. The lowest BCUT2D eigenvalue weighted by molar-refractivity contribution is 0.222. The first-order valence-corrected chi connectivity index (χ1v) is 9.35. The summed E-state index contributed by atoms with van der Waals surface area (Å²) in [6.45, 7) is 9.47. The maximum atomic E-state index is 13.0. The van der Waals surface area contributed by atoms with Crippen LogP contribution in [0.3, 0.4) is 0 Å². The molecule has 2 atom stereocenters. The second-order valence-electron chi connectivity index (χ2n) is 6.18. The van der Waals surface area contributed by atoms with Crippen molar-refractivity contribution < 1.29 is 8.42 Å². The highest BCUT2D eigenvalue weighted by atomic mass is 35.5. The van der Waals surface area contributed by atoms with Crippen molar-refractivity contribution in [3.05, 3.63) is 11.4 Å². The normalized spacial score (nSPS) is 24.4. The van der Waals surface area contributed by atoms with E-state index < -0.39 is 10.0 Å². The highest BCUT2D eigenvalue weighted by Gasteiger charge is 2.35. The Bertz CT molecular complexity index is 602. The topological polar surface area (TPSA) is 55.2 Å². The molecule has 2 rings (SSSR count). The molecule has 0 aliphatic carbocycles. The molecule has 1 aliphatic rings. The summed E-state index contributed by atoms with van der Waals surface area (Å²) in [5, 5.41) is 4.33. The summed E-state index contributed by atoms with van der Waals surface area (Å²) in [6, 6.07) is 0. The fourth-order valence-electron chi connectivity index (χ4n) is 3.28. The molecule has 0 bridgehead atoms. The van der Waals surface area contributed by atoms with Crippen LogP contribution in [-0.2, 0) is 16.6 Å². The Hall–Kier alpha value is -0.590. The number of sulfonamides is 1. The molecular weight excluding hydrogens is 310 g/mol. The van der Waals surface area contributed by atoms with E-state index in [1.807, 2.05) is 0 Å². The Labute approximate surface area is 132 Å². The number of rotatable bonds is 4. The van der Waals surface area contributed by atoms with Crippen LogP contribution in [0.15, 0.2) is 4.90 Å². The van der Waals surface area contributed by atoms with E-state index in [9.17, 15) is 8.42 Å². The molecule has 1 saturated heterocycles. The standard InChI is InChI=1S/C14H24ClN3O2S/c1-10-7-11(2)9-17(8-10)21(19,20)14-12(3)16-18(6-5-15)13(14)4/h10-11H,5-9H2,1-4H3. The minimum atomic E-state index is -3.48. The number of aromatic nitrogens is 2. The van der Waals surface area contributed by atoms with E-state index in [0.29, 0.717) is 53.6 Å². The Kier molecular flexibility index (Phi) is 5.00. The van der Waals surface area contributed by atoms with Gasteiger partial charge in [-0.15, -0.1) is 11.6 Å². The van der Waals surface area contributed by atoms with Crippen LogP contribution in [0.5, 0.6) is 0 Å². The van der Waals surface area contributed by atoms with Crippen LogP contribution < -0.4 is 0 Å². The van der Waals surface area contributed by atoms with E-state index in [1.165, 1.54) is 0 Å². The number of hydrogen-bond donors (Lipinski definition) is 0. The maximum Gasteiger partial charge on any atom is 0.246 e. The summed E-state index contributed by atoms with van der Waals surface area (Å²) in [5.74, 6) is 1.20. The van der Waals surface area contributed by atoms with Gasteiger partial charge in [0, 0.05) is 19.0 Å². The van der Waals surface area contributed by atoms with E-state index in [4.69, 9.17) is 11.6 Å². The van der Waals surface area contributed by atoms with Crippen LogP contribution in [0.4, 0.5) is 0 Å². The molecule has 0 saturated carbocycles. The zero-order chi connectivity index (χ0) is 15.8. The highest BCUT2D eigenvalue weighted by Crippen LogP contribution is 2.29. The number of aryl methyl sites for hydroxylation is 2. The van der Waals surface area contributed by atoms with Gasteiger partial charge >= 0.3 is 0 Å². The Morgan fingerprint density at radius 2 is 1.81 bits per heavy atom. The Balaban J connectivity index is 2.40. The zero-order valence-corrected chi connectivity index (χ0v) is 14.7. The van der Waals surface area contributed by atoms with E-state index >= 15 is 0 Å². The van der Waals surface area contributed by atoms with Gasteiger partial charge in [-0.3, -0.25) is 4.68 Å². The Morgan fingerprint density at radius 3 is 2.33 bits per heavy atom. The van der Waals surface area contributed by atoms with Gasteiger partial charge in [0.05, 0.1) is 17.9 Å². The van der Waals surface area contributed by atoms with Gasteiger partial charge in [0.15, 0.2) is 0 Å². The monoisotopic (exact) mass is 333 g/mol. The lowest BCUT2D eigenvalue weighted by Gasteiger charge is -2.34. The van der Waals surface area contributed by atoms with Crippen LogP contribution >= 0.6 is 11.6 Å². The lowest BCUT2D eigenvalue weighted by Crippen LogP contribution is -2.42. The molecule has 2 heterocycles. The third-order valence-corrected chi connectivity index (χ3v) is 6.30. The van der Waals surface area contributed by atoms with Crippen molar-refractivity contribution >= 4 is 21.6 Å². The van der Waals surface area contributed by atoms with Gasteiger partial charge in [-0.2, -0.15) is 9.40 Å². The van der Waals surface area contributed by atoms with Crippen molar-refractivity contribution in [3.8, 4) is 0 Å². The van der Waals surface area contributed by atoms with Crippen LogP contribution in [0, 0.1) is 25.7 Å².